The van der Waals surface area contributed by atoms with Gasteiger partial charge < -0.3 is 5.11 Å². The molecule has 122 valence electrons. The molecule has 25 heavy (non-hydrogen) atoms. The quantitative estimate of drug-likeness (QED) is 0.541. The van der Waals surface area contributed by atoms with Crippen molar-refractivity contribution in [1.82, 2.24) is 4.98 Å². The van der Waals surface area contributed by atoms with Crippen molar-refractivity contribution in [2.45, 2.75) is 0 Å². The number of rotatable bonds is 2. The molecular weight excluding hydrogens is 352 g/mol. The first-order chi connectivity index (χ1) is 12.1. The Hall–Kier alpha value is -2.70. The maximum atomic E-state index is 12.7. The summed E-state index contributed by atoms with van der Waals surface area (Å²) >= 11 is 6.63. The van der Waals surface area contributed by atoms with Crippen LogP contribution in [0.3, 0.4) is 0 Å². The second-order valence-corrected chi connectivity index (χ2v) is 7.16. The minimum atomic E-state index is -0.160. The van der Waals surface area contributed by atoms with Crippen LogP contribution in [0.25, 0.3) is 17.0 Å². The molecule has 3 aromatic rings. The van der Waals surface area contributed by atoms with E-state index in [4.69, 9.17) is 12.2 Å². The number of phenols is 1. The van der Waals surface area contributed by atoms with Gasteiger partial charge in [-0.1, -0.05) is 36.1 Å². The predicted molar refractivity (Wildman–Crippen MR) is 106 cm³/mol. The van der Waals surface area contributed by atoms with Crippen LogP contribution < -0.4 is 4.90 Å². The lowest BCUT2D eigenvalue weighted by molar-refractivity contribution is -0.113. The Balaban J connectivity index is 1.68. The molecule has 4 rings (SSSR count). The zero-order chi connectivity index (χ0) is 17.4. The number of thiocarbonyl (C=S) groups is 1. The first kappa shape index (κ1) is 15.8. The lowest BCUT2D eigenvalue weighted by Crippen LogP contribution is -2.27. The molecule has 1 fully saturated rings. The Morgan fingerprint density at radius 1 is 1.12 bits per heavy atom. The molecular formula is C19H12N2O2S2. The molecule has 1 saturated heterocycles. The molecule has 1 aromatic heterocycles. The lowest BCUT2D eigenvalue weighted by Gasteiger charge is -2.14. The smallest absolute Gasteiger partial charge is 0.270 e. The molecule has 0 spiro atoms. The van der Waals surface area contributed by atoms with E-state index in [0.717, 1.165) is 16.5 Å². The minimum Gasteiger partial charge on any atom is -0.508 e. The number of amides is 1. The predicted octanol–water partition coefficient (Wildman–Crippen LogP) is 4.35. The number of hydrogen-bond donors (Lipinski definition) is 1. The number of nitrogens with zero attached hydrogens (tertiary/aromatic N) is 2. The molecule has 1 N–H and O–H groups in total. The number of phenolic OH excluding ortho intramolecular Hbond substituents is 1. The average Bonchev–Trinajstić information content (AvgIpc) is 2.89. The maximum Gasteiger partial charge on any atom is 0.270 e. The molecule has 0 atom stereocenters. The van der Waals surface area contributed by atoms with Crippen LogP contribution in [-0.4, -0.2) is 20.3 Å². The van der Waals surface area contributed by atoms with Gasteiger partial charge in [-0.05, 0) is 54.1 Å². The van der Waals surface area contributed by atoms with Crippen molar-refractivity contribution < 1.29 is 9.90 Å². The number of anilines is 1. The summed E-state index contributed by atoms with van der Waals surface area (Å²) in [6.45, 7) is 0. The molecule has 1 amide bonds. The molecule has 2 aromatic carbocycles. The van der Waals surface area contributed by atoms with Crippen molar-refractivity contribution in [3.05, 3.63) is 71.3 Å². The number of aromatic hydroxyl groups is 1. The number of aromatic nitrogens is 1. The Bertz CT molecular complexity index is 1030. The molecule has 6 heteroatoms. The third-order valence-corrected chi connectivity index (χ3v) is 5.13. The van der Waals surface area contributed by atoms with Gasteiger partial charge in [-0.3, -0.25) is 14.7 Å². The van der Waals surface area contributed by atoms with Crippen molar-refractivity contribution in [1.29, 1.82) is 0 Å². The summed E-state index contributed by atoms with van der Waals surface area (Å²) in [6.07, 6.45) is 3.59. The summed E-state index contributed by atoms with van der Waals surface area (Å²) in [7, 11) is 0. The molecule has 1 aliphatic rings. The van der Waals surface area contributed by atoms with Crippen molar-refractivity contribution in [3.8, 4) is 5.75 Å². The van der Waals surface area contributed by atoms with E-state index in [1.165, 1.54) is 28.8 Å². The van der Waals surface area contributed by atoms with Gasteiger partial charge in [0.1, 0.15) is 5.75 Å². The molecule has 1 aliphatic heterocycles. The average molecular weight is 364 g/mol. The van der Waals surface area contributed by atoms with Crippen molar-refractivity contribution in [3.63, 3.8) is 0 Å². The van der Waals surface area contributed by atoms with Gasteiger partial charge in [-0.25, -0.2) is 0 Å². The summed E-state index contributed by atoms with van der Waals surface area (Å²) in [5, 5.41) is 10.4. The summed E-state index contributed by atoms with van der Waals surface area (Å²) in [6, 6.07) is 16.1. The highest BCUT2D eigenvalue weighted by atomic mass is 32.2. The Morgan fingerprint density at radius 3 is 2.72 bits per heavy atom. The zero-order valence-electron chi connectivity index (χ0n) is 12.9. The van der Waals surface area contributed by atoms with Crippen LogP contribution in [0.15, 0.2) is 65.7 Å². The largest absolute Gasteiger partial charge is 0.508 e. The molecule has 4 nitrogen and oxygen atoms in total. The highest BCUT2D eigenvalue weighted by molar-refractivity contribution is 8.27. The fourth-order valence-electron chi connectivity index (χ4n) is 2.63. The number of carbonyl (C=O) groups excluding carboxylic acids is 1. The standard InChI is InChI=1S/C19H12N2O2S2/c22-15-6-4-14(5-7-15)21-18(23)17(25-19(21)24)11-12-3-8-16-13(10-12)2-1-9-20-16/h1-11,22H. The van der Waals surface area contributed by atoms with E-state index in [1.54, 1.807) is 18.3 Å². The molecule has 0 radical (unpaired) electrons. The van der Waals surface area contributed by atoms with Crippen molar-refractivity contribution in [2.75, 3.05) is 4.90 Å². The minimum absolute atomic E-state index is 0.148. The SMILES string of the molecule is O=C1C(=Cc2ccc3ncccc3c2)SC(=S)N1c1ccc(O)cc1. The van der Waals surface area contributed by atoms with Gasteiger partial charge in [0.15, 0.2) is 4.32 Å². The van der Waals surface area contributed by atoms with Gasteiger partial charge in [-0.15, -0.1) is 0 Å². The monoisotopic (exact) mass is 364 g/mol. The third-order valence-electron chi connectivity index (χ3n) is 3.83. The second-order valence-electron chi connectivity index (χ2n) is 5.49. The summed E-state index contributed by atoms with van der Waals surface area (Å²) in [5.74, 6) is -0.0125. The fraction of sp³-hybridized carbons (Fsp3) is 0. The Morgan fingerprint density at radius 2 is 1.92 bits per heavy atom. The van der Waals surface area contributed by atoms with E-state index in [0.29, 0.717) is 14.9 Å². The van der Waals surface area contributed by atoms with Crippen molar-refractivity contribution >= 4 is 56.9 Å². The van der Waals surface area contributed by atoms with Crippen LogP contribution in [0.5, 0.6) is 5.75 Å². The maximum absolute atomic E-state index is 12.7. The van der Waals surface area contributed by atoms with Gasteiger partial charge in [0.25, 0.3) is 5.91 Å². The molecule has 0 saturated carbocycles. The first-order valence-corrected chi connectivity index (χ1v) is 8.76. The van der Waals surface area contributed by atoms with Crippen LogP contribution in [0.4, 0.5) is 5.69 Å². The fourth-order valence-corrected chi connectivity index (χ4v) is 3.93. The van der Waals surface area contributed by atoms with E-state index in [9.17, 15) is 9.90 Å². The molecule has 0 aliphatic carbocycles. The molecule has 0 unspecified atom stereocenters. The topological polar surface area (TPSA) is 53.4 Å². The zero-order valence-corrected chi connectivity index (χ0v) is 14.6. The summed E-state index contributed by atoms with van der Waals surface area (Å²) in [4.78, 5) is 19.1. The number of hydrogen-bond acceptors (Lipinski definition) is 5. The highest BCUT2D eigenvalue weighted by Gasteiger charge is 2.33. The van der Waals surface area contributed by atoms with Gasteiger partial charge in [0.2, 0.25) is 0 Å². The molecule has 2 heterocycles. The van der Waals surface area contributed by atoms with Gasteiger partial charge in [0, 0.05) is 11.6 Å². The normalized spacial score (nSPS) is 16.2. The van der Waals surface area contributed by atoms with E-state index >= 15 is 0 Å². The molecule has 0 bridgehead atoms. The van der Waals surface area contributed by atoms with Gasteiger partial charge in [0.05, 0.1) is 16.1 Å². The summed E-state index contributed by atoms with van der Waals surface area (Å²) < 4.78 is 0.476. The van der Waals surface area contributed by atoms with Gasteiger partial charge in [-0.2, -0.15) is 0 Å². The number of benzene rings is 2. The third kappa shape index (κ3) is 3.01. The van der Waals surface area contributed by atoms with Crippen LogP contribution >= 0.6 is 24.0 Å². The van der Waals surface area contributed by atoms with Crippen molar-refractivity contribution in [2.24, 2.45) is 0 Å². The van der Waals surface area contributed by atoms with E-state index in [2.05, 4.69) is 4.98 Å². The van der Waals surface area contributed by atoms with Crippen LogP contribution in [0.1, 0.15) is 5.56 Å². The number of fused-ring (bicyclic) bond motifs is 1. The number of thioether (sulfide) groups is 1. The first-order valence-electron chi connectivity index (χ1n) is 7.53. The summed E-state index contributed by atoms with van der Waals surface area (Å²) in [5.41, 5.74) is 2.48. The van der Waals surface area contributed by atoms with Crippen LogP contribution in [-0.2, 0) is 4.79 Å². The van der Waals surface area contributed by atoms with Gasteiger partial charge >= 0.3 is 0 Å². The second kappa shape index (κ2) is 6.31. The highest BCUT2D eigenvalue weighted by Crippen LogP contribution is 2.36. The lowest BCUT2D eigenvalue weighted by atomic mass is 10.1. The van der Waals surface area contributed by atoms with E-state index in [-0.39, 0.29) is 11.7 Å². The van der Waals surface area contributed by atoms with Crippen LogP contribution in [0.2, 0.25) is 0 Å². The Labute approximate surface area is 153 Å². The van der Waals surface area contributed by atoms with E-state index in [1.807, 2.05) is 36.4 Å². The number of carbonyl (C=O) groups is 1. The van der Waals surface area contributed by atoms with Crippen LogP contribution in [0, 0.1) is 0 Å². The van der Waals surface area contributed by atoms with E-state index < -0.39 is 0 Å². The Kier molecular flexibility index (Phi) is 3.99. The number of pyridine rings is 1.